The smallest absolute Gasteiger partial charge is 0.181 e. The maximum Gasteiger partial charge on any atom is 0.181 e. The van der Waals surface area contributed by atoms with Crippen LogP contribution in [0.2, 0.25) is 0 Å². The lowest BCUT2D eigenvalue weighted by Crippen LogP contribution is -2.42. The first kappa shape index (κ1) is 8.77. The monoisotopic (exact) mass is 177 g/mol. The second-order valence-electron chi connectivity index (χ2n) is 4.68. The van der Waals surface area contributed by atoms with E-state index < -0.39 is 0 Å². The number of nitrogens with zero attached hydrogens (tertiary/aromatic N) is 2. The van der Waals surface area contributed by atoms with Crippen molar-refractivity contribution < 1.29 is 4.48 Å². The Morgan fingerprint density at radius 1 is 1.54 bits per heavy atom. The third kappa shape index (κ3) is 1.19. The summed E-state index contributed by atoms with van der Waals surface area (Å²) < 4.78 is 0.821. The van der Waals surface area contributed by atoms with Crippen molar-refractivity contribution in [1.29, 1.82) is 5.26 Å². The molecule has 1 heterocycles. The zero-order valence-corrected chi connectivity index (χ0v) is 8.45. The second kappa shape index (κ2) is 2.85. The van der Waals surface area contributed by atoms with Crippen molar-refractivity contribution in [2.75, 3.05) is 14.1 Å². The van der Waals surface area contributed by atoms with E-state index in [1.54, 1.807) is 0 Å². The molecule has 2 unspecified atom stereocenters. The maximum atomic E-state index is 9.06. The summed E-state index contributed by atoms with van der Waals surface area (Å²) in [6.45, 7) is 0. The van der Waals surface area contributed by atoms with Crippen molar-refractivity contribution in [1.82, 2.24) is 0 Å². The molecule has 2 atom stereocenters. The summed E-state index contributed by atoms with van der Waals surface area (Å²) in [6.07, 6.45) is 7.27. The van der Waals surface area contributed by atoms with Crippen molar-refractivity contribution >= 4 is 0 Å². The fourth-order valence-electron chi connectivity index (χ4n) is 2.78. The quantitative estimate of drug-likeness (QED) is 0.519. The number of hydrogen-bond donors (Lipinski definition) is 0. The van der Waals surface area contributed by atoms with Crippen LogP contribution in [0.25, 0.3) is 0 Å². The van der Waals surface area contributed by atoms with Gasteiger partial charge in [-0.3, -0.25) is 4.48 Å². The van der Waals surface area contributed by atoms with Gasteiger partial charge in [0.2, 0.25) is 0 Å². The van der Waals surface area contributed by atoms with Crippen molar-refractivity contribution in [3.63, 3.8) is 0 Å². The van der Waals surface area contributed by atoms with Crippen LogP contribution >= 0.6 is 0 Å². The Morgan fingerprint density at radius 3 is 2.92 bits per heavy atom. The molecular formula is C11H17N2+. The van der Waals surface area contributed by atoms with Crippen molar-refractivity contribution in [2.24, 2.45) is 5.92 Å². The largest absolute Gasteiger partial charge is 0.285 e. The molecule has 70 valence electrons. The molecule has 2 heteroatoms. The molecule has 0 saturated carbocycles. The van der Waals surface area contributed by atoms with Crippen LogP contribution in [0.5, 0.6) is 0 Å². The number of quaternary nitrogens is 1. The molecule has 0 aromatic heterocycles. The van der Waals surface area contributed by atoms with E-state index in [0.29, 0.717) is 5.92 Å². The Balaban J connectivity index is 2.34. The lowest BCUT2D eigenvalue weighted by Gasteiger charge is -2.30. The molecule has 0 spiro atoms. The Hall–Kier alpha value is -0.810. The highest BCUT2D eigenvalue weighted by Crippen LogP contribution is 2.42. The van der Waals surface area contributed by atoms with E-state index in [2.05, 4.69) is 26.2 Å². The topological polar surface area (TPSA) is 23.8 Å². The van der Waals surface area contributed by atoms with Crippen LogP contribution in [0.15, 0.2) is 11.8 Å². The highest BCUT2D eigenvalue weighted by molar-refractivity contribution is 5.11. The van der Waals surface area contributed by atoms with Gasteiger partial charge < -0.3 is 0 Å². The molecule has 0 radical (unpaired) electrons. The summed E-state index contributed by atoms with van der Waals surface area (Å²) >= 11 is 0. The Labute approximate surface area is 80.0 Å². The number of fused-ring (bicyclic) bond motifs is 1. The molecule has 1 aliphatic heterocycles. The van der Waals surface area contributed by atoms with Gasteiger partial charge >= 0.3 is 0 Å². The summed E-state index contributed by atoms with van der Waals surface area (Å²) in [5.41, 5.74) is 1.51. The van der Waals surface area contributed by atoms with E-state index in [0.717, 1.165) is 10.9 Å². The van der Waals surface area contributed by atoms with Crippen LogP contribution in [0.3, 0.4) is 0 Å². The van der Waals surface area contributed by atoms with E-state index in [4.69, 9.17) is 5.26 Å². The fraction of sp³-hybridized carbons (Fsp3) is 0.727. The van der Waals surface area contributed by atoms with E-state index >= 15 is 0 Å². The zero-order valence-electron chi connectivity index (χ0n) is 8.45. The van der Waals surface area contributed by atoms with Crippen LogP contribution in [0.1, 0.15) is 25.7 Å². The number of likely N-dealkylation sites (tertiary alicyclic amines) is 1. The van der Waals surface area contributed by atoms with Gasteiger partial charge in [-0.25, -0.2) is 0 Å². The van der Waals surface area contributed by atoms with Gasteiger partial charge in [0.25, 0.3) is 0 Å². The third-order valence-electron chi connectivity index (χ3n) is 3.63. The van der Waals surface area contributed by atoms with Crippen LogP contribution in [0.4, 0.5) is 0 Å². The molecule has 13 heavy (non-hydrogen) atoms. The molecule has 0 aromatic rings. The van der Waals surface area contributed by atoms with E-state index in [9.17, 15) is 0 Å². The van der Waals surface area contributed by atoms with Crippen molar-refractivity contribution in [2.45, 2.75) is 31.7 Å². The van der Waals surface area contributed by atoms with Gasteiger partial charge in [-0.15, -0.1) is 0 Å². The molecule has 2 rings (SSSR count). The summed E-state index contributed by atoms with van der Waals surface area (Å²) in [7, 11) is 4.34. The first-order chi connectivity index (χ1) is 6.16. The molecule has 0 aromatic carbocycles. The Morgan fingerprint density at radius 2 is 2.31 bits per heavy atom. The lowest BCUT2D eigenvalue weighted by atomic mass is 9.91. The van der Waals surface area contributed by atoms with Gasteiger partial charge in [0, 0.05) is 12.3 Å². The molecule has 1 saturated heterocycles. The van der Waals surface area contributed by atoms with E-state index in [1.807, 2.05) is 0 Å². The Kier molecular flexibility index (Phi) is 1.92. The minimum atomic E-state index is 0.189. The minimum Gasteiger partial charge on any atom is -0.285 e. The molecule has 2 nitrogen and oxygen atoms in total. The number of hydrogen-bond acceptors (Lipinski definition) is 1. The molecule has 1 aliphatic carbocycles. The predicted octanol–water partition coefficient (Wildman–Crippen LogP) is 2.04. The second-order valence-corrected chi connectivity index (χ2v) is 4.68. The molecule has 1 fully saturated rings. The number of nitriles is 1. The molecular weight excluding hydrogens is 160 g/mol. The summed E-state index contributed by atoms with van der Waals surface area (Å²) in [5, 5.41) is 9.06. The summed E-state index contributed by atoms with van der Waals surface area (Å²) in [6, 6.07) is 2.63. The summed E-state index contributed by atoms with van der Waals surface area (Å²) in [5.74, 6) is 0.702. The third-order valence-corrected chi connectivity index (χ3v) is 3.63. The lowest BCUT2D eigenvalue weighted by molar-refractivity contribution is -0.860. The fourth-order valence-corrected chi connectivity index (χ4v) is 2.78. The highest BCUT2D eigenvalue weighted by Gasteiger charge is 2.46. The van der Waals surface area contributed by atoms with Crippen LogP contribution in [0, 0.1) is 17.2 Å². The van der Waals surface area contributed by atoms with Crippen molar-refractivity contribution in [3.05, 3.63) is 11.8 Å². The highest BCUT2D eigenvalue weighted by atomic mass is 15.4. The normalized spacial score (nSPS) is 36.2. The van der Waals surface area contributed by atoms with E-state index in [-0.39, 0.29) is 6.04 Å². The van der Waals surface area contributed by atoms with Gasteiger partial charge in [-0.05, 0) is 25.3 Å². The average molecular weight is 177 g/mol. The standard InChI is InChI=1S/C11H17N2/c1-13(2)10(8-12)7-9-5-3-4-6-11(9)13/h6,9-10H,3-5,7H2,1-2H3/q+1. The van der Waals surface area contributed by atoms with Gasteiger partial charge in [-0.2, -0.15) is 5.26 Å². The SMILES string of the molecule is C[N+]1(C)C2=CCCCC2CC1C#N. The van der Waals surface area contributed by atoms with Gasteiger partial charge in [0.1, 0.15) is 11.8 Å². The minimum absolute atomic E-state index is 0.189. The summed E-state index contributed by atoms with van der Waals surface area (Å²) in [4.78, 5) is 0. The van der Waals surface area contributed by atoms with Crippen molar-refractivity contribution in [3.8, 4) is 6.07 Å². The molecule has 0 bridgehead atoms. The molecule has 2 aliphatic rings. The van der Waals surface area contributed by atoms with Crippen LogP contribution in [-0.4, -0.2) is 24.6 Å². The van der Waals surface area contributed by atoms with E-state index in [1.165, 1.54) is 25.0 Å². The number of rotatable bonds is 0. The van der Waals surface area contributed by atoms with Gasteiger partial charge in [0.05, 0.1) is 14.1 Å². The zero-order chi connectivity index (χ0) is 9.47. The maximum absolute atomic E-state index is 9.06. The number of allylic oxidation sites excluding steroid dienone is 2. The van der Waals surface area contributed by atoms with Crippen LogP contribution < -0.4 is 0 Å². The first-order valence-electron chi connectivity index (χ1n) is 5.10. The van der Waals surface area contributed by atoms with Crippen LogP contribution in [-0.2, 0) is 0 Å². The Bertz CT molecular complexity index is 283. The molecule has 0 amide bonds. The molecule has 0 N–H and O–H groups in total. The predicted molar refractivity (Wildman–Crippen MR) is 51.6 cm³/mol. The first-order valence-corrected chi connectivity index (χ1v) is 5.10. The average Bonchev–Trinajstić information content (AvgIpc) is 2.39. The van der Waals surface area contributed by atoms with Gasteiger partial charge in [0.15, 0.2) is 6.04 Å². The van der Waals surface area contributed by atoms with Gasteiger partial charge in [-0.1, -0.05) is 0 Å².